The predicted octanol–water partition coefficient (Wildman–Crippen LogP) is 4.64. The monoisotopic (exact) mass is 615 g/mol. The summed E-state index contributed by atoms with van der Waals surface area (Å²) in [5, 5.41) is 4.02. The van der Waals surface area contributed by atoms with Gasteiger partial charge in [0.25, 0.3) is 15.9 Å². The molecule has 1 fully saturated rings. The lowest BCUT2D eigenvalue weighted by atomic mass is 10.2. The Morgan fingerprint density at radius 3 is 2.49 bits per heavy atom. The topological polar surface area (TPSA) is 104 Å². The first kappa shape index (κ1) is 30.6. The van der Waals surface area contributed by atoms with Crippen LogP contribution >= 0.6 is 23.7 Å². The van der Waals surface area contributed by atoms with E-state index >= 15 is 0 Å². The molecule has 5 rings (SSSR count). The average molecular weight is 616 g/mol. The molecule has 0 atom stereocenters. The molecule has 4 aromatic rings. The van der Waals surface area contributed by atoms with Gasteiger partial charge in [-0.3, -0.25) is 14.4 Å². The van der Waals surface area contributed by atoms with Gasteiger partial charge in [0.05, 0.1) is 22.2 Å². The molecule has 2 heterocycles. The van der Waals surface area contributed by atoms with Crippen molar-refractivity contribution in [2.75, 3.05) is 56.0 Å². The molecule has 3 aromatic carbocycles. The molecule has 2 N–H and O–H groups in total. The van der Waals surface area contributed by atoms with Gasteiger partial charge in [-0.25, -0.2) is 13.4 Å². The molecule has 1 aliphatic rings. The van der Waals surface area contributed by atoms with Crippen LogP contribution in [0.2, 0.25) is 0 Å². The number of carbonyl (C=O) groups excluding carboxylic acids is 1. The molecule has 0 bridgehead atoms. The van der Waals surface area contributed by atoms with Crippen molar-refractivity contribution in [3.8, 4) is 5.75 Å². The Bertz CT molecular complexity index is 1590. The molecular formula is C29H34ClN5O4S2. The zero-order chi connectivity index (χ0) is 28.1. The maximum atomic E-state index is 12.8. The van der Waals surface area contributed by atoms with Crippen LogP contribution in [0, 0.1) is 0 Å². The van der Waals surface area contributed by atoms with Gasteiger partial charge in [0, 0.05) is 50.5 Å². The van der Waals surface area contributed by atoms with E-state index in [1.807, 2.05) is 0 Å². The summed E-state index contributed by atoms with van der Waals surface area (Å²) in [4.78, 5) is 22.4. The summed E-state index contributed by atoms with van der Waals surface area (Å²) in [5.41, 5.74) is 3.10. The van der Waals surface area contributed by atoms with Gasteiger partial charge in [0.1, 0.15) is 5.75 Å². The molecule has 1 amide bonds. The Morgan fingerprint density at radius 1 is 1.02 bits per heavy atom. The number of aromatic nitrogens is 1. The maximum absolute atomic E-state index is 12.8. The van der Waals surface area contributed by atoms with Crippen LogP contribution in [0.15, 0.2) is 71.6 Å². The van der Waals surface area contributed by atoms with Gasteiger partial charge in [0.2, 0.25) is 0 Å². The Hall–Kier alpha value is -3.38. The van der Waals surface area contributed by atoms with E-state index in [0.717, 1.165) is 49.8 Å². The van der Waals surface area contributed by atoms with Crippen LogP contribution in [0.1, 0.15) is 22.8 Å². The summed E-state index contributed by atoms with van der Waals surface area (Å²) < 4.78 is 34.4. The molecule has 12 heteroatoms. The van der Waals surface area contributed by atoms with Crippen LogP contribution in [0.3, 0.4) is 0 Å². The van der Waals surface area contributed by atoms with Crippen LogP contribution in [-0.4, -0.2) is 70.6 Å². The van der Waals surface area contributed by atoms with Crippen molar-refractivity contribution in [2.45, 2.75) is 18.2 Å². The van der Waals surface area contributed by atoms with Gasteiger partial charge < -0.3 is 15.0 Å². The molecule has 218 valence electrons. The lowest BCUT2D eigenvalue weighted by Gasteiger charge is -2.34. The first-order chi connectivity index (χ1) is 19.3. The van der Waals surface area contributed by atoms with Gasteiger partial charge in [-0.2, -0.15) is 0 Å². The van der Waals surface area contributed by atoms with Gasteiger partial charge in [-0.15, -0.1) is 12.4 Å². The highest BCUT2D eigenvalue weighted by atomic mass is 35.5. The number of thiazole rings is 1. The number of nitrogens with one attached hydrogen (secondary N) is 2. The number of halogens is 1. The maximum Gasteiger partial charge on any atom is 0.261 e. The van der Waals surface area contributed by atoms with Crippen LogP contribution in [0.5, 0.6) is 5.75 Å². The highest BCUT2D eigenvalue weighted by Crippen LogP contribution is 2.30. The average Bonchev–Trinajstić information content (AvgIpc) is 3.41. The lowest BCUT2D eigenvalue weighted by molar-refractivity contribution is 0.0948. The number of methoxy groups -OCH3 is 1. The second-order valence-electron chi connectivity index (χ2n) is 9.60. The highest BCUT2D eigenvalue weighted by molar-refractivity contribution is 7.92. The fraction of sp³-hybridized carbons (Fsp3) is 0.310. The number of benzene rings is 3. The number of ether oxygens (including phenoxy) is 1. The van der Waals surface area contributed by atoms with E-state index < -0.39 is 10.0 Å². The van der Waals surface area contributed by atoms with E-state index in [0.29, 0.717) is 23.5 Å². The molecule has 9 nitrogen and oxygen atoms in total. The fourth-order valence-electron chi connectivity index (χ4n) is 4.60. The predicted molar refractivity (Wildman–Crippen MR) is 167 cm³/mol. The van der Waals surface area contributed by atoms with Gasteiger partial charge in [-0.1, -0.05) is 30.4 Å². The summed E-state index contributed by atoms with van der Waals surface area (Å²) >= 11 is 1.75. The number of fused-ring (bicyclic) bond motifs is 1. The minimum absolute atomic E-state index is 0. The van der Waals surface area contributed by atoms with Crippen molar-refractivity contribution < 1.29 is 17.9 Å². The van der Waals surface area contributed by atoms with E-state index in [4.69, 9.17) is 9.72 Å². The van der Waals surface area contributed by atoms with Crippen LogP contribution < -0.4 is 19.7 Å². The molecule has 41 heavy (non-hydrogen) atoms. The largest absolute Gasteiger partial charge is 0.497 e. The fourth-order valence-corrected chi connectivity index (χ4v) is 6.73. The number of carbonyl (C=O) groups is 1. The SMILES string of the molecule is CCc1ccc2nc(N3CCN(CCNC(=O)c4cccc(NS(=O)(=O)c5ccc(OC)cc5)c4)CC3)sc2c1.Cl. The molecule has 1 saturated heterocycles. The Kier molecular flexibility index (Phi) is 10.1. The number of anilines is 2. The van der Waals surface area contributed by atoms with Gasteiger partial charge >= 0.3 is 0 Å². The summed E-state index contributed by atoms with van der Waals surface area (Å²) in [7, 11) is -2.28. The summed E-state index contributed by atoms with van der Waals surface area (Å²) in [6, 6.07) is 19.1. The second-order valence-corrected chi connectivity index (χ2v) is 12.3. The van der Waals surface area contributed by atoms with Gasteiger partial charge in [0.15, 0.2) is 5.13 Å². The summed E-state index contributed by atoms with van der Waals surface area (Å²) in [6.07, 6.45) is 1.02. The number of nitrogens with zero attached hydrogens (tertiary/aromatic N) is 3. The van der Waals surface area contributed by atoms with Crippen LogP contribution in [0.25, 0.3) is 10.2 Å². The standard InChI is InChI=1S/C29H33N5O4S2.ClH/c1-3-21-7-12-26-27(19-21)39-29(31-26)34-17-15-33(16-18-34)14-13-30-28(35)22-5-4-6-23(20-22)32-40(36,37)25-10-8-24(38-2)9-11-25;/h4-12,19-20,32H,3,13-18H2,1-2H3,(H,30,35);1H. The normalized spacial score (nSPS) is 14.0. The van der Waals surface area contributed by atoms with Gasteiger partial charge in [-0.05, 0) is 66.6 Å². The number of hydrogen-bond acceptors (Lipinski definition) is 8. The number of hydrogen-bond donors (Lipinski definition) is 2. The van der Waals surface area contributed by atoms with Crippen LogP contribution in [-0.2, 0) is 16.4 Å². The Labute approximate surface area is 251 Å². The lowest BCUT2D eigenvalue weighted by Crippen LogP contribution is -2.48. The quantitative estimate of drug-likeness (QED) is 0.268. The molecular weight excluding hydrogens is 582 g/mol. The van der Waals surface area contributed by atoms with E-state index in [-0.39, 0.29) is 23.2 Å². The molecule has 0 spiro atoms. The zero-order valence-corrected chi connectivity index (χ0v) is 25.4. The molecule has 0 saturated carbocycles. The summed E-state index contributed by atoms with van der Waals surface area (Å²) in [6.45, 7) is 6.99. The second kappa shape index (κ2) is 13.5. The van der Waals surface area contributed by atoms with E-state index in [1.165, 1.54) is 35.6 Å². The molecule has 0 radical (unpaired) electrons. The number of sulfonamides is 1. The number of amides is 1. The molecule has 1 aliphatic heterocycles. The van der Waals surface area contributed by atoms with Crippen LogP contribution in [0.4, 0.5) is 10.8 Å². The first-order valence-corrected chi connectivity index (χ1v) is 15.6. The van der Waals surface area contributed by atoms with E-state index in [9.17, 15) is 13.2 Å². The molecule has 0 unspecified atom stereocenters. The zero-order valence-electron chi connectivity index (χ0n) is 23.0. The minimum Gasteiger partial charge on any atom is -0.497 e. The van der Waals surface area contributed by atoms with Crippen molar-refractivity contribution in [3.63, 3.8) is 0 Å². The third-order valence-corrected chi connectivity index (χ3v) is 9.43. The Morgan fingerprint density at radius 2 is 1.78 bits per heavy atom. The minimum atomic E-state index is -3.80. The van der Waals surface area contributed by atoms with E-state index in [1.54, 1.807) is 41.7 Å². The van der Waals surface area contributed by atoms with Crippen molar-refractivity contribution in [1.29, 1.82) is 0 Å². The third kappa shape index (κ3) is 7.48. The Balaban J connectivity index is 0.00000387. The van der Waals surface area contributed by atoms with Crippen molar-refractivity contribution >= 4 is 60.7 Å². The number of aryl methyl sites for hydroxylation is 1. The van der Waals surface area contributed by atoms with Crippen molar-refractivity contribution in [3.05, 3.63) is 77.9 Å². The summed E-state index contributed by atoms with van der Waals surface area (Å²) in [5.74, 6) is 0.322. The number of piperazine rings is 1. The molecule has 1 aromatic heterocycles. The van der Waals surface area contributed by atoms with Crippen molar-refractivity contribution in [1.82, 2.24) is 15.2 Å². The van der Waals surface area contributed by atoms with E-state index in [2.05, 4.69) is 45.0 Å². The smallest absolute Gasteiger partial charge is 0.261 e. The highest BCUT2D eigenvalue weighted by Gasteiger charge is 2.20. The molecule has 0 aliphatic carbocycles. The first-order valence-electron chi connectivity index (χ1n) is 13.3. The third-order valence-electron chi connectivity index (χ3n) is 6.95. The number of rotatable bonds is 10. The van der Waals surface area contributed by atoms with Crippen molar-refractivity contribution in [2.24, 2.45) is 0 Å².